The van der Waals surface area contributed by atoms with Gasteiger partial charge >= 0.3 is 0 Å². The number of hydrogen-bond acceptors (Lipinski definition) is 6. The Morgan fingerprint density at radius 1 is 1.06 bits per heavy atom. The van der Waals surface area contributed by atoms with Crippen molar-refractivity contribution in [2.75, 3.05) is 18.5 Å². The third-order valence-corrected chi connectivity index (χ3v) is 6.28. The van der Waals surface area contributed by atoms with E-state index in [1.54, 1.807) is 42.5 Å². The smallest absolute Gasteiger partial charge is 0.271 e. The number of amides is 1. The number of carbonyl (C=O) groups is 1. The molecule has 3 aromatic rings. The van der Waals surface area contributed by atoms with Crippen molar-refractivity contribution in [2.24, 2.45) is 5.10 Å². The van der Waals surface area contributed by atoms with Crippen LogP contribution in [-0.2, 0) is 10.0 Å². The van der Waals surface area contributed by atoms with Crippen LogP contribution in [0.3, 0.4) is 0 Å². The van der Waals surface area contributed by atoms with Crippen molar-refractivity contribution in [2.45, 2.75) is 4.90 Å². The Bertz CT molecular complexity index is 1190. The quantitative estimate of drug-likeness (QED) is 0.435. The number of carbonyl (C=O) groups excluding carboxylic acids is 1. The molecule has 0 saturated carbocycles. The fraction of sp³-hybridized carbons (Fsp3) is 0.0909. The Kier molecular flexibility index (Phi) is 6.56. The van der Waals surface area contributed by atoms with E-state index in [0.29, 0.717) is 22.6 Å². The standard InChI is InChI=1S/C22H21N3O5S/c1-25(31(28,29)19-6-4-3-5-7-19)18-11-9-17(10-12-18)22(27)24-23-15-16-8-13-20(26)21(14-16)30-2/h3-15,26H,1-2H3,(H,24,27). The molecule has 31 heavy (non-hydrogen) atoms. The summed E-state index contributed by atoms with van der Waals surface area (Å²) in [5, 5.41) is 13.5. The van der Waals surface area contributed by atoms with Gasteiger partial charge in [0.25, 0.3) is 15.9 Å². The molecule has 0 bridgehead atoms. The second-order valence-electron chi connectivity index (χ2n) is 6.46. The summed E-state index contributed by atoms with van der Waals surface area (Å²) >= 11 is 0. The van der Waals surface area contributed by atoms with Gasteiger partial charge in [-0.05, 0) is 60.2 Å². The van der Waals surface area contributed by atoms with Gasteiger partial charge in [0.15, 0.2) is 11.5 Å². The minimum atomic E-state index is -3.70. The molecule has 160 valence electrons. The number of hydrazone groups is 1. The van der Waals surface area contributed by atoms with Gasteiger partial charge in [0, 0.05) is 12.6 Å². The first-order valence-corrected chi connectivity index (χ1v) is 10.6. The number of phenolic OH excluding ortho intramolecular Hbond substituents is 1. The molecule has 0 aliphatic carbocycles. The van der Waals surface area contributed by atoms with Crippen LogP contribution >= 0.6 is 0 Å². The molecule has 0 atom stereocenters. The average Bonchev–Trinajstić information content (AvgIpc) is 2.80. The number of methoxy groups -OCH3 is 1. The van der Waals surface area contributed by atoms with Crippen molar-refractivity contribution >= 4 is 27.8 Å². The molecule has 0 saturated heterocycles. The summed E-state index contributed by atoms with van der Waals surface area (Å²) in [6.07, 6.45) is 1.41. The molecule has 8 nitrogen and oxygen atoms in total. The van der Waals surface area contributed by atoms with E-state index in [1.807, 2.05) is 0 Å². The van der Waals surface area contributed by atoms with Crippen LogP contribution < -0.4 is 14.5 Å². The summed E-state index contributed by atoms with van der Waals surface area (Å²) < 4.78 is 31.6. The molecule has 0 heterocycles. The molecular weight excluding hydrogens is 418 g/mol. The van der Waals surface area contributed by atoms with Gasteiger partial charge in [0.2, 0.25) is 0 Å². The Balaban J connectivity index is 1.67. The molecule has 0 radical (unpaired) electrons. The van der Waals surface area contributed by atoms with Gasteiger partial charge in [-0.1, -0.05) is 18.2 Å². The monoisotopic (exact) mass is 439 g/mol. The van der Waals surface area contributed by atoms with E-state index in [-0.39, 0.29) is 10.6 Å². The Morgan fingerprint density at radius 3 is 2.39 bits per heavy atom. The Hall–Kier alpha value is -3.85. The van der Waals surface area contributed by atoms with Crippen LogP contribution in [0.1, 0.15) is 15.9 Å². The van der Waals surface area contributed by atoms with Crippen LogP contribution in [0, 0.1) is 0 Å². The second kappa shape index (κ2) is 9.31. The van der Waals surface area contributed by atoms with Gasteiger partial charge in [0.1, 0.15) is 0 Å². The molecule has 2 N–H and O–H groups in total. The maximum Gasteiger partial charge on any atom is 0.271 e. The number of sulfonamides is 1. The molecule has 0 spiro atoms. The lowest BCUT2D eigenvalue weighted by Crippen LogP contribution is -2.26. The first kappa shape index (κ1) is 21.8. The zero-order valence-corrected chi connectivity index (χ0v) is 17.7. The number of nitrogens with zero attached hydrogens (tertiary/aromatic N) is 2. The first-order chi connectivity index (χ1) is 14.8. The minimum absolute atomic E-state index is 0.00280. The van der Waals surface area contributed by atoms with Gasteiger partial charge in [-0.2, -0.15) is 5.10 Å². The summed E-state index contributed by atoms with van der Waals surface area (Å²) in [7, 11) is -0.811. The van der Waals surface area contributed by atoms with E-state index in [9.17, 15) is 18.3 Å². The number of ether oxygens (including phenoxy) is 1. The predicted octanol–water partition coefficient (Wildman–Crippen LogP) is 2.99. The van der Waals surface area contributed by atoms with Crippen molar-refractivity contribution in [3.8, 4) is 11.5 Å². The van der Waals surface area contributed by atoms with E-state index >= 15 is 0 Å². The Labute approximate surface area is 180 Å². The topological polar surface area (TPSA) is 108 Å². The minimum Gasteiger partial charge on any atom is -0.504 e. The largest absolute Gasteiger partial charge is 0.504 e. The van der Waals surface area contributed by atoms with E-state index in [1.165, 1.54) is 50.7 Å². The lowest BCUT2D eigenvalue weighted by Gasteiger charge is -2.19. The van der Waals surface area contributed by atoms with Crippen LogP contribution in [-0.4, -0.2) is 39.8 Å². The summed E-state index contributed by atoms with van der Waals surface area (Å²) in [6.45, 7) is 0. The number of anilines is 1. The fourth-order valence-electron chi connectivity index (χ4n) is 2.72. The number of benzene rings is 3. The number of rotatable bonds is 7. The molecule has 9 heteroatoms. The van der Waals surface area contributed by atoms with E-state index < -0.39 is 15.9 Å². The van der Waals surface area contributed by atoms with Gasteiger partial charge in [-0.25, -0.2) is 13.8 Å². The van der Waals surface area contributed by atoms with Crippen molar-refractivity contribution in [3.05, 3.63) is 83.9 Å². The predicted molar refractivity (Wildman–Crippen MR) is 118 cm³/mol. The van der Waals surface area contributed by atoms with Crippen molar-refractivity contribution in [1.82, 2.24) is 5.43 Å². The fourth-order valence-corrected chi connectivity index (χ4v) is 3.93. The molecule has 0 unspecified atom stereocenters. The number of aromatic hydroxyl groups is 1. The van der Waals surface area contributed by atoms with E-state index in [2.05, 4.69) is 10.5 Å². The highest BCUT2D eigenvalue weighted by atomic mass is 32.2. The molecule has 1 amide bonds. The Morgan fingerprint density at radius 2 is 1.74 bits per heavy atom. The van der Waals surface area contributed by atoms with Gasteiger partial charge in [-0.3, -0.25) is 9.10 Å². The van der Waals surface area contributed by atoms with Crippen LogP contribution in [0.25, 0.3) is 0 Å². The maximum absolute atomic E-state index is 12.7. The summed E-state index contributed by atoms with van der Waals surface area (Å²) in [5.74, 6) is -0.162. The number of nitrogens with one attached hydrogen (secondary N) is 1. The van der Waals surface area contributed by atoms with Gasteiger partial charge in [-0.15, -0.1) is 0 Å². The summed E-state index contributed by atoms with van der Waals surface area (Å²) in [5.41, 5.74) is 3.75. The molecule has 0 fully saturated rings. The summed E-state index contributed by atoms with van der Waals surface area (Å²) in [4.78, 5) is 12.5. The number of phenols is 1. The lowest BCUT2D eigenvalue weighted by molar-refractivity contribution is 0.0955. The van der Waals surface area contributed by atoms with Gasteiger partial charge < -0.3 is 9.84 Å². The van der Waals surface area contributed by atoms with E-state index in [4.69, 9.17) is 4.74 Å². The average molecular weight is 439 g/mol. The molecule has 3 rings (SSSR count). The normalized spacial score (nSPS) is 11.3. The number of hydrogen-bond donors (Lipinski definition) is 2. The zero-order chi connectivity index (χ0) is 22.4. The van der Waals surface area contributed by atoms with Crippen LogP contribution in [0.4, 0.5) is 5.69 Å². The van der Waals surface area contributed by atoms with Crippen molar-refractivity contribution in [1.29, 1.82) is 0 Å². The highest BCUT2D eigenvalue weighted by Crippen LogP contribution is 2.25. The highest BCUT2D eigenvalue weighted by Gasteiger charge is 2.21. The summed E-state index contributed by atoms with van der Waals surface area (Å²) in [6, 6.07) is 18.9. The van der Waals surface area contributed by atoms with E-state index in [0.717, 1.165) is 4.31 Å². The second-order valence-corrected chi connectivity index (χ2v) is 8.43. The van der Waals surface area contributed by atoms with Crippen LogP contribution in [0.15, 0.2) is 82.8 Å². The molecular formula is C22H21N3O5S. The molecule has 3 aromatic carbocycles. The molecule has 0 aliphatic heterocycles. The maximum atomic E-state index is 12.7. The molecule has 0 aromatic heterocycles. The first-order valence-electron chi connectivity index (χ1n) is 9.17. The molecule has 0 aliphatic rings. The van der Waals surface area contributed by atoms with Gasteiger partial charge in [0.05, 0.1) is 23.9 Å². The van der Waals surface area contributed by atoms with Crippen LogP contribution in [0.2, 0.25) is 0 Å². The third kappa shape index (κ3) is 5.01. The highest BCUT2D eigenvalue weighted by molar-refractivity contribution is 7.92. The SMILES string of the molecule is COc1cc(C=NNC(=O)c2ccc(N(C)S(=O)(=O)c3ccccc3)cc2)ccc1O. The third-order valence-electron chi connectivity index (χ3n) is 4.48. The lowest BCUT2D eigenvalue weighted by atomic mass is 10.2. The zero-order valence-electron chi connectivity index (χ0n) is 16.9. The van der Waals surface area contributed by atoms with Crippen molar-refractivity contribution < 1.29 is 23.1 Å². The van der Waals surface area contributed by atoms with Crippen LogP contribution in [0.5, 0.6) is 11.5 Å². The van der Waals surface area contributed by atoms with Crippen molar-refractivity contribution in [3.63, 3.8) is 0 Å².